The fraction of sp³-hybridized carbons (Fsp3) is 0.778. The van der Waals surface area contributed by atoms with E-state index in [1.165, 1.54) is 0 Å². The molecule has 1 N–H and O–H groups in total. The number of rotatable bonds is 3. The van der Waals surface area contributed by atoms with Crippen LogP contribution < -0.4 is 5.32 Å². The largest absolute Gasteiger partial charge is 0.316 e. The lowest BCUT2D eigenvalue weighted by Gasteiger charge is -2.08. The molecular formula is C9H16NO. The molecule has 0 amide bonds. The number of hydrogen-bond donors (Lipinski definition) is 1. The fourth-order valence-electron chi connectivity index (χ4n) is 1.44. The second-order valence-electron chi connectivity index (χ2n) is 3.47. The molecule has 2 heteroatoms. The lowest BCUT2D eigenvalue weighted by molar-refractivity contribution is -0.122. The summed E-state index contributed by atoms with van der Waals surface area (Å²) < 4.78 is 0. The molecule has 1 radical (unpaired) electrons. The normalized spacial score (nSPS) is 24.5. The zero-order valence-corrected chi connectivity index (χ0v) is 7.10. The van der Waals surface area contributed by atoms with Gasteiger partial charge in [-0.05, 0) is 18.9 Å². The van der Waals surface area contributed by atoms with Crippen molar-refractivity contribution in [2.45, 2.75) is 19.8 Å². The summed E-state index contributed by atoms with van der Waals surface area (Å²) in [6, 6.07) is 0. The maximum Gasteiger partial charge on any atom is 0.137 e. The smallest absolute Gasteiger partial charge is 0.137 e. The summed E-state index contributed by atoms with van der Waals surface area (Å²) in [5, 5.41) is 3.19. The lowest BCUT2D eigenvalue weighted by Crippen LogP contribution is -2.19. The highest BCUT2D eigenvalue weighted by Gasteiger charge is 2.22. The van der Waals surface area contributed by atoms with Gasteiger partial charge in [-0.3, -0.25) is 4.79 Å². The number of hydrogen-bond acceptors (Lipinski definition) is 2. The van der Waals surface area contributed by atoms with E-state index < -0.39 is 0 Å². The highest BCUT2D eigenvalue weighted by Crippen LogP contribution is 2.13. The molecule has 2 unspecified atom stereocenters. The lowest BCUT2D eigenvalue weighted by atomic mass is 9.96. The Balaban J connectivity index is 2.28. The number of carbonyl (C=O) groups is 1. The highest BCUT2D eigenvalue weighted by atomic mass is 16.1. The van der Waals surface area contributed by atoms with Crippen LogP contribution in [0.5, 0.6) is 0 Å². The van der Waals surface area contributed by atoms with E-state index in [1.54, 1.807) is 0 Å². The van der Waals surface area contributed by atoms with Gasteiger partial charge in [-0.2, -0.15) is 0 Å². The Bertz CT molecular complexity index is 136. The minimum atomic E-state index is 0.267. The molecule has 63 valence electrons. The van der Waals surface area contributed by atoms with Crippen LogP contribution in [0.15, 0.2) is 0 Å². The zero-order valence-electron chi connectivity index (χ0n) is 7.10. The number of nitrogens with one attached hydrogen (secondary N) is 1. The molecule has 2 atom stereocenters. The molecule has 0 saturated carbocycles. The van der Waals surface area contributed by atoms with Crippen molar-refractivity contribution in [2.75, 3.05) is 13.1 Å². The second kappa shape index (κ2) is 3.86. The van der Waals surface area contributed by atoms with Crippen LogP contribution in [0.1, 0.15) is 19.8 Å². The highest BCUT2D eigenvalue weighted by molar-refractivity contribution is 5.81. The van der Waals surface area contributed by atoms with E-state index >= 15 is 0 Å². The van der Waals surface area contributed by atoms with Gasteiger partial charge in [0, 0.05) is 18.9 Å². The summed E-state index contributed by atoms with van der Waals surface area (Å²) in [6.45, 7) is 7.68. The first kappa shape index (κ1) is 8.72. The van der Waals surface area contributed by atoms with E-state index in [4.69, 9.17) is 0 Å². The maximum atomic E-state index is 11.4. The van der Waals surface area contributed by atoms with Gasteiger partial charge in [-0.1, -0.05) is 13.8 Å². The molecule has 0 aliphatic carbocycles. The van der Waals surface area contributed by atoms with E-state index in [0.717, 1.165) is 19.5 Å². The number of carbonyl (C=O) groups excluding carboxylic acids is 1. The molecule has 1 rings (SSSR count). The van der Waals surface area contributed by atoms with Crippen molar-refractivity contribution in [3.8, 4) is 0 Å². The molecule has 1 saturated heterocycles. The van der Waals surface area contributed by atoms with Crippen LogP contribution in [0.4, 0.5) is 0 Å². The predicted octanol–water partition coefficient (Wildman–Crippen LogP) is 1.03. The van der Waals surface area contributed by atoms with Gasteiger partial charge in [-0.15, -0.1) is 0 Å². The molecule has 1 aliphatic heterocycles. The van der Waals surface area contributed by atoms with Crippen molar-refractivity contribution in [3.05, 3.63) is 6.92 Å². The Morgan fingerprint density at radius 1 is 1.82 bits per heavy atom. The number of Topliss-reactive ketones (excluding diaryl/α,β-unsaturated/α-hetero) is 1. The van der Waals surface area contributed by atoms with E-state index in [-0.39, 0.29) is 11.8 Å². The van der Waals surface area contributed by atoms with Crippen LogP contribution in [-0.2, 0) is 4.79 Å². The van der Waals surface area contributed by atoms with Crippen molar-refractivity contribution in [1.29, 1.82) is 0 Å². The molecule has 0 aromatic carbocycles. The van der Waals surface area contributed by atoms with E-state index in [2.05, 4.69) is 12.2 Å². The van der Waals surface area contributed by atoms with Gasteiger partial charge in [0.25, 0.3) is 0 Å². The summed E-state index contributed by atoms with van der Waals surface area (Å²) in [7, 11) is 0. The zero-order chi connectivity index (χ0) is 8.27. The van der Waals surface area contributed by atoms with Gasteiger partial charge in [0.1, 0.15) is 5.78 Å². The first-order valence-electron chi connectivity index (χ1n) is 4.26. The summed E-state index contributed by atoms with van der Waals surface area (Å²) in [6.07, 6.45) is 1.66. The summed E-state index contributed by atoms with van der Waals surface area (Å²) in [4.78, 5) is 11.4. The summed E-state index contributed by atoms with van der Waals surface area (Å²) in [5.41, 5.74) is 0. The molecule has 11 heavy (non-hydrogen) atoms. The average molecular weight is 154 g/mol. The quantitative estimate of drug-likeness (QED) is 0.657. The van der Waals surface area contributed by atoms with Gasteiger partial charge < -0.3 is 5.32 Å². The minimum Gasteiger partial charge on any atom is -0.316 e. The Labute approximate surface area is 68.4 Å². The van der Waals surface area contributed by atoms with Gasteiger partial charge >= 0.3 is 0 Å². The monoisotopic (exact) mass is 154 g/mol. The first-order chi connectivity index (χ1) is 5.20. The molecule has 0 aromatic heterocycles. The second-order valence-corrected chi connectivity index (χ2v) is 3.47. The molecule has 1 heterocycles. The fourth-order valence-corrected chi connectivity index (χ4v) is 1.44. The van der Waals surface area contributed by atoms with Crippen LogP contribution in [-0.4, -0.2) is 18.9 Å². The topological polar surface area (TPSA) is 29.1 Å². The maximum absolute atomic E-state index is 11.4. The Kier molecular flexibility index (Phi) is 3.06. The van der Waals surface area contributed by atoms with Crippen molar-refractivity contribution in [3.63, 3.8) is 0 Å². The van der Waals surface area contributed by atoms with Crippen LogP contribution in [0.2, 0.25) is 0 Å². The van der Waals surface area contributed by atoms with Gasteiger partial charge in [-0.25, -0.2) is 0 Å². The van der Waals surface area contributed by atoms with Crippen molar-refractivity contribution in [2.24, 2.45) is 11.8 Å². The van der Waals surface area contributed by atoms with Crippen molar-refractivity contribution in [1.82, 2.24) is 5.32 Å². The molecule has 2 nitrogen and oxygen atoms in total. The van der Waals surface area contributed by atoms with E-state index in [0.29, 0.717) is 12.2 Å². The molecule has 1 aliphatic rings. The van der Waals surface area contributed by atoms with Gasteiger partial charge in [0.15, 0.2) is 0 Å². The Morgan fingerprint density at radius 2 is 2.55 bits per heavy atom. The van der Waals surface area contributed by atoms with Crippen LogP contribution in [0.25, 0.3) is 0 Å². The van der Waals surface area contributed by atoms with Crippen LogP contribution in [0, 0.1) is 18.8 Å². The third-order valence-electron chi connectivity index (χ3n) is 2.07. The van der Waals surface area contributed by atoms with Gasteiger partial charge in [0.2, 0.25) is 0 Å². The molecule has 1 fully saturated rings. The summed E-state index contributed by atoms with van der Waals surface area (Å²) in [5.74, 6) is 0.930. The molecule has 0 bridgehead atoms. The van der Waals surface area contributed by atoms with Crippen molar-refractivity contribution < 1.29 is 4.79 Å². The van der Waals surface area contributed by atoms with E-state index in [9.17, 15) is 4.79 Å². The Morgan fingerprint density at radius 3 is 3.00 bits per heavy atom. The van der Waals surface area contributed by atoms with Crippen LogP contribution >= 0.6 is 0 Å². The van der Waals surface area contributed by atoms with Crippen LogP contribution in [0.3, 0.4) is 0 Å². The molecule has 0 aromatic rings. The first-order valence-corrected chi connectivity index (χ1v) is 4.26. The molecule has 0 spiro atoms. The standard InChI is InChI=1S/C9H16NO/c1-7(2)5-9(11)8-3-4-10-6-8/h7-8,10H,1,3-6H2,2H3. The third kappa shape index (κ3) is 2.62. The van der Waals surface area contributed by atoms with Gasteiger partial charge in [0.05, 0.1) is 0 Å². The predicted molar refractivity (Wildman–Crippen MR) is 45.1 cm³/mol. The summed E-state index contributed by atoms with van der Waals surface area (Å²) >= 11 is 0. The Hall–Kier alpha value is -0.370. The SMILES string of the molecule is [CH2]C(C)CC(=O)C1CCNC1. The third-order valence-corrected chi connectivity index (χ3v) is 2.07. The van der Waals surface area contributed by atoms with Crippen molar-refractivity contribution >= 4 is 5.78 Å². The number of ketones is 1. The average Bonchev–Trinajstić information content (AvgIpc) is 2.35. The van der Waals surface area contributed by atoms with E-state index in [1.807, 2.05) is 6.92 Å². The molecular weight excluding hydrogens is 138 g/mol. The minimum absolute atomic E-state index is 0.267.